The first kappa shape index (κ1) is 8.91. The lowest BCUT2D eigenvalue weighted by molar-refractivity contribution is 0.658. The van der Waals surface area contributed by atoms with Crippen LogP contribution in [0.15, 0.2) is 17.0 Å². The molecule has 0 spiro atoms. The molecule has 2 rings (SSSR count). The zero-order chi connectivity index (χ0) is 9.10. The monoisotopic (exact) mass is 194 g/mol. The summed E-state index contributed by atoms with van der Waals surface area (Å²) in [4.78, 5) is 4.31. The minimum absolute atomic E-state index is 0.235. The summed E-state index contributed by atoms with van der Waals surface area (Å²) in [5, 5.41) is 2.10. The molecule has 0 saturated carbocycles. The minimum atomic E-state index is 0.235. The molecule has 1 aromatic rings. The Morgan fingerprint density at radius 2 is 2.38 bits per heavy atom. The highest BCUT2D eigenvalue weighted by molar-refractivity contribution is 7.07. The first-order valence-corrected chi connectivity index (χ1v) is 5.65. The molecule has 1 aromatic heterocycles. The molecule has 1 aliphatic carbocycles. The molecule has 0 bridgehead atoms. The first-order chi connectivity index (χ1) is 6.36. The molecule has 1 unspecified atom stereocenters. The lowest BCUT2D eigenvalue weighted by Gasteiger charge is -2.02. The van der Waals surface area contributed by atoms with Crippen molar-refractivity contribution in [3.05, 3.63) is 22.7 Å². The number of rotatable bonds is 1. The Bertz CT molecular complexity index is 290. The summed E-state index contributed by atoms with van der Waals surface area (Å²) in [6, 6.07) is 0.235. The maximum absolute atomic E-state index is 5.93. The van der Waals surface area contributed by atoms with E-state index in [4.69, 9.17) is 5.73 Å². The first-order valence-electron chi connectivity index (χ1n) is 4.71. The number of hydrogen-bond acceptors (Lipinski definition) is 3. The van der Waals surface area contributed by atoms with Gasteiger partial charge in [-0.25, -0.2) is 4.98 Å². The molecule has 0 radical (unpaired) electrons. The zero-order valence-corrected chi connectivity index (χ0v) is 8.39. The second-order valence-corrected chi connectivity index (χ2v) is 4.19. The van der Waals surface area contributed by atoms with Crippen LogP contribution >= 0.6 is 11.3 Å². The van der Waals surface area contributed by atoms with Gasteiger partial charge in [0, 0.05) is 11.4 Å². The molecule has 0 aromatic carbocycles. The molecule has 0 amide bonds. The van der Waals surface area contributed by atoms with E-state index in [1.165, 1.54) is 18.4 Å². The standard InChI is InChI=1S/C10H14N2S/c11-9-4-2-1-3-8(5-9)10-6-13-7-12-10/h5-7,9H,1-4,11H2. The average molecular weight is 194 g/mol. The van der Waals surface area contributed by atoms with Crippen molar-refractivity contribution < 1.29 is 0 Å². The summed E-state index contributed by atoms with van der Waals surface area (Å²) < 4.78 is 0. The van der Waals surface area contributed by atoms with Crippen LogP contribution in [0.5, 0.6) is 0 Å². The SMILES string of the molecule is NC1C=C(c2cscn2)CCCC1. The summed E-state index contributed by atoms with van der Waals surface area (Å²) in [6.07, 6.45) is 6.93. The molecule has 1 atom stereocenters. The van der Waals surface area contributed by atoms with Crippen LogP contribution in [-0.2, 0) is 0 Å². The second kappa shape index (κ2) is 4.03. The normalized spacial score (nSPS) is 23.8. The number of hydrogen-bond donors (Lipinski definition) is 1. The maximum atomic E-state index is 5.93. The molecular formula is C10H14N2S. The van der Waals surface area contributed by atoms with Crippen molar-refractivity contribution in [1.29, 1.82) is 0 Å². The molecule has 1 heterocycles. The fourth-order valence-electron chi connectivity index (χ4n) is 1.71. The molecule has 2 N–H and O–H groups in total. The van der Waals surface area contributed by atoms with Gasteiger partial charge < -0.3 is 5.73 Å². The van der Waals surface area contributed by atoms with Crippen molar-refractivity contribution in [2.75, 3.05) is 0 Å². The van der Waals surface area contributed by atoms with Gasteiger partial charge in [-0.1, -0.05) is 12.5 Å². The van der Waals surface area contributed by atoms with Crippen LogP contribution in [0.1, 0.15) is 31.4 Å². The van der Waals surface area contributed by atoms with E-state index in [-0.39, 0.29) is 6.04 Å². The molecule has 0 fully saturated rings. The van der Waals surface area contributed by atoms with Gasteiger partial charge in [-0.05, 0) is 24.8 Å². The van der Waals surface area contributed by atoms with Crippen LogP contribution in [0.2, 0.25) is 0 Å². The Hall–Kier alpha value is -0.670. The van der Waals surface area contributed by atoms with Crippen molar-refractivity contribution in [1.82, 2.24) is 4.98 Å². The summed E-state index contributed by atoms with van der Waals surface area (Å²) in [7, 11) is 0. The topological polar surface area (TPSA) is 38.9 Å². The van der Waals surface area contributed by atoms with Crippen LogP contribution in [0.25, 0.3) is 5.57 Å². The largest absolute Gasteiger partial charge is 0.324 e. The van der Waals surface area contributed by atoms with Gasteiger partial charge in [-0.2, -0.15) is 0 Å². The number of nitrogens with two attached hydrogens (primary N) is 1. The van der Waals surface area contributed by atoms with Crippen molar-refractivity contribution >= 4 is 16.9 Å². The molecule has 70 valence electrons. The fourth-order valence-corrected chi connectivity index (χ4v) is 2.28. The van der Waals surface area contributed by atoms with Crippen LogP contribution in [-0.4, -0.2) is 11.0 Å². The van der Waals surface area contributed by atoms with Gasteiger partial charge in [0.15, 0.2) is 0 Å². The highest BCUT2D eigenvalue weighted by Crippen LogP contribution is 2.25. The van der Waals surface area contributed by atoms with Gasteiger partial charge in [0.2, 0.25) is 0 Å². The predicted octanol–water partition coefficient (Wildman–Crippen LogP) is 2.43. The quantitative estimate of drug-likeness (QED) is 0.745. The molecule has 0 aliphatic heterocycles. The summed E-state index contributed by atoms with van der Waals surface area (Å²) in [5.41, 5.74) is 10.3. The zero-order valence-electron chi connectivity index (χ0n) is 7.57. The van der Waals surface area contributed by atoms with Crippen molar-refractivity contribution in [3.63, 3.8) is 0 Å². The summed E-state index contributed by atoms with van der Waals surface area (Å²) >= 11 is 1.65. The van der Waals surface area contributed by atoms with Crippen molar-refractivity contribution in [2.24, 2.45) is 5.73 Å². The molecule has 1 aliphatic rings. The number of allylic oxidation sites excluding steroid dienone is 1. The third-order valence-electron chi connectivity index (χ3n) is 2.41. The molecule has 2 nitrogen and oxygen atoms in total. The molecule has 13 heavy (non-hydrogen) atoms. The van der Waals surface area contributed by atoms with Gasteiger partial charge in [0.05, 0.1) is 11.2 Å². The van der Waals surface area contributed by atoms with Crippen LogP contribution in [0.3, 0.4) is 0 Å². The average Bonchev–Trinajstić information content (AvgIpc) is 2.56. The second-order valence-electron chi connectivity index (χ2n) is 3.48. The number of thiazole rings is 1. The van der Waals surface area contributed by atoms with Gasteiger partial charge in [0.25, 0.3) is 0 Å². The van der Waals surface area contributed by atoms with Crippen LogP contribution < -0.4 is 5.73 Å². The van der Waals surface area contributed by atoms with Gasteiger partial charge in [-0.15, -0.1) is 11.3 Å². The predicted molar refractivity (Wildman–Crippen MR) is 56.5 cm³/mol. The van der Waals surface area contributed by atoms with E-state index in [0.717, 1.165) is 18.5 Å². The van der Waals surface area contributed by atoms with Gasteiger partial charge in [0.1, 0.15) is 0 Å². The molecular weight excluding hydrogens is 180 g/mol. The molecule has 0 saturated heterocycles. The van der Waals surface area contributed by atoms with Gasteiger partial charge in [-0.3, -0.25) is 0 Å². The fraction of sp³-hybridized carbons (Fsp3) is 0.500. The van der Waals surface area contributed by atoms with E-state index in [2.05, 4.69) is 16.4 Å². The highest BCUT2D eigenvalue weighted by atomic mass is 32.1. The number of aromatic nitrogens is 1. The Morgan fingerprint density at radius 3 is 3.15 bits per heavy atom. The third kappa shape index (κ3) is 2.17. The Morgan fingerprint density at radius 1 is 1.46 bits per heavy atom. The summed E-state index contributed by atoms with van der Waals surface area (Å²) in [6.45, 7) is 0. The Kier molecular flexibility index (Phi) is 2.76. The van der Waals surface area contributed by atoms with Crippen LogP contribution in [0.4, 0.5) is 0 Å². The van der Waals surface area contributed by atoms with E-state index < -0.39 is 0 Å². The Balaban J connectivity index is 2.21. The number of nitrogens with zero attached hydrogens (tertiary/aromatic N) is 1. The van der Waals surface area contributed by atoms with Crippen molar-refractivity contribution in [3.8, 4) is 0 Å². The lowest BCUT2D eigenvalue weighted by Crippen LogP contribution is -2.15. The maximum Gasteiger partial charge on any atom is 0.0798 e. The van der Waals surface area contributed by atoms with Crippen molar-refractivity contribution in [2.45, 2.75) is 31.7 Å². The Labute approximate surface area is 82.5 Å². The molecule has 3 heteroatoms. The highest BCUT2D eigenvalue weighted by Gasteiger charge is 2.10. The summed E-state index contributed by atoms with van der Waals surface area (Å²) in [5.74, 6) is 0. The minimum Gasteiger partial charge on any atom is -0.324 e. The third-order valence-corrected chi connectivity index (χ3v) is 3.00. The van der Waals surface area contributed by atoms with Crippen LogP contribution in [0, 0.1) is 0 Å². The van der Waals surface area contributed by atoms with E-state index in [1.54, 1.807) is 11.3 Å². The van der Waals surface area contributed by atoms with E-state index in [1.807, 2.05) is 5.51 Å². The van der Waals surface area contributed by atoms with E-state index >= 15 is 0 Å². The van der Waals surface area contributed by atoms with Gasteiger partial charge >= 0.3 is 0 Å². The van der Waals surface area contributed by atoms with E-state index in [0.29, 0.717) is 0 Å². The lowest BCUT2D eigenvalue weighted by atomic mass is 10.1. The smallest absolute Gasteiger partial charge is 0.0798 e. The van der Waals surface area contributed by atoms with E-state index in [9.17, 15) is 0 Å².